The Kier molecular flexibility index (Phi) is 4.58. The van der Waals surface area contributed by atoms with E-state index in [1.54, 1.807) is 26.0 Å². The number of methoxy groups -OCH3 is 2. The number of benzene rings is 1. The highest BCUT2D eigenvalue weighted by molar-refractivity contribution is 7.99. The third kappa shape index (κ3) is 2.81. The van der Waals surface area contributed by atoms with E-state index in [1.165, 1.54) is 0 Å². The van der Waals surface area contributed by atoms with Crippen LogP contribution in [0.2, 0.25) is 0 Å². The summed E-state index contributed by atoms with van der Waals surface area (Å²) < 4.78 is 10.7. The molecule has 5 heteroatoms. The lowest BCUT2D eigenvalue weighted by Gasteiger charge is -2.25. The molecule has 0 aromatic heterocycles. The Morgan fingerprint density at radius 1 is 1.42 bits per heavy atom. The van der Waals surface area contributed by atoms with Crippen molar-refractivity contribution in [3.05, 3.63) is 23.8 Å². The van der Waals surface area contributed by atoms with Gasteiger partial charge in [0.25, 0.3) is 0 Å². The van der Waals surface area contributed by atoms with Gasteiger partial charge in [-0.25, -0.2) is 0 Å². The number of amides is 1. The van der Waals surface area contributed by atoms with E-state index in [0.29, 0.717) is 6.42 Å². The number of nitrogens with zero attached hydrogens (tertiary/aromatic N) is 1. The monoisotopic (exact) mass is 281 g/mol. The molecule has 1 heterocycles. The second-order valence-electron chi connectivity index (χ2n) is 4.27. The van der Waals surface area contributed by atoms with E-state index in [-0.39, 0.29) is 11.3 Å². The van der Waals surface area contributed by atoms with E-state index >= 15 is 0 Å². The summed E-state index contributed by atoms with van der Waals surface area (Å²) in [4.78, 5) is 13.9. The number of hydrogen-bond donors (Lipinski definition) is 0. The van der Waals surface area contributed by atoms with Gasteiger partial charge < -0.3 is 14.4 Å². The molecule has 1 amide bonds. The average molecular weight is 281 g/mol. The SMILES string of the molecule is CCC(=O)N1CCS[C@H]1c1cc(OC)ccc1OC. The summed E-state index contributed by atoms with van der Waals surface area (Å²) in [5, 5.41) is 0.0255. The Hall–Kier alpha value is -1.36. The minimum atomic E-state index is 0.0255. The predicted octanol–water partition coefficient (Wildman–Crippen LogP) is 2.69. The van der Waals surface area contributed by atoms with E-state index in [4.69, 9.17) is 9.47 Å². The van der Waals surface area contributed by atoms with Crippen molar-refractivity contribution in [2.75, 3.05) is 26.5 Å². The van der Waals surface area contributed by atoms with Gasteiger partial charge in [-0.05, 0) is 18.2 Å². The Balaban J connectivity index is 2.36. The van der Waals surface area contributed by atoms with Crippen LogP contribution in [0.1, 0.15) is 24.3 Å². The summed E-state index contributed by atoms with van der Waals surface area (Å²) in [7, 11) is 3.29. The van der Waals surface area contributed by atoms with Gasteiger partial charge in [0.2, 0.25) is 5.91 Å². The molecule has 2 rings (SSSR count). The van der Waals surface area contributed by atoms with Crippen molar-refractivity contribution in [2.24, 2.45) is 0 Å². The number of rotatable bonds is 4. The Bertz CT molecular complexity index is 464. The minimum absolute atomic E-state index is 0.0255. The van der Waals surface area contributed by atoms with Crippen LogP contribution in [0.3, 0.4) is 0 Å². The molecule has 0 N–H and O–H groups in total. The molecule has 104 valence electrons. The van der Waals surface area contributed by atoms with Crippen LogP contribution in [0.15, 0.2) is 18.2 Å². The normalized spacial score (nSPS) is 18.5. The highest BCUT2D eigenvalue weighted by Crippen LogP contribution is 2.43. The zero-order chi connectivity index (χ0) is 13.8. The van der Waals surface area contributed by atoms with E-state index in [2.05, 4.69) is 0 Å². The molecule has 19 heavy (non-hydrogen) atoms. The van der Waals surface area contributed by atoms with Crippen molar-refractivity contribution in [1.29, 1.82) is 0 Å². The van der Waals surface area contributed by atoms with Crippen molar-refractivity contribution in [2.45, 2.75) is 18.7 Å². The standard InChI is InChI=1S/C14H19NO3S/c1-4-13(16)15-7-8-19-14(15)11-9-10(17-2)5-6-12(11)18-3/h5-6,9,14H,4,7-8H2,1-3H3/t14-/m0/s1. The molecule has 0 aliphatic carbocycles. The largest absolute Gasteiger partial charge is 0.497 e. The first-order chi connectivity index (χ1) is 9.21. The van der Waals surface area contributed by atoms with Gasteiger partial charge in [-0.2, -0.15) is 0 Å². The fraction of sp³-hybridized carbons (Fsp3) is 0.500. The molecule has 1 aromatic rings. The van der Waals surface area contributed by atoms with Gasteiger partial charge in [-0.3, -0.25) is 4.79 Å². The lowest BCUT2D eigenvalue weighted by Crippen LogP contribution is -2.29. The Labute approximate surface area is 118 Å². The number of thioether (sulfide) groups is 1. The molecule has 1 aliphatic rings. The number of hydrogen-bond acceptors (Lipinski definition) is 4. The van der Waals surface area contributed by atoms with Crippen LogP contribution >= 0.6 is 11.8 Å². The van der Waals surface area contributed by atoms with Gasteiger partial charge in [0, 0.05) is 24.3 Å². The zero-order valence-corrected chi connectivity index (χ0v) is 12.3. The first-order valence-electron chi connectivity index (χ1n) is 6.34. The lowest BCUT2D eigenvalue weighted by atomic mass is 10.1. The number of carbonyl (C=O) groups excluding carboxylic acids is 1. The van der Waals surface area contributed by atoms with E-state index in [9.17, 15) is 4.79 Å². The van der Waals surface area contributed by atoms with Gasteiger partial charge in [-0.1, -0.05) is 6.92 Å². The second-order valence-corrected chi connectivity index (χ2v) is 5.46. The fourth-order valence-corrected chi connectivity index (χ4v) is 3.51. The summed E-state index contributed by atoms with van der Waals surface area (Å²) in [6.45, 7) is 2.69. The summed E-state index contributed by atoms with van der Waals surface area (Å²) in [5.74, 6) is 2.72. The van der Waals surface area contributed by atoms with Crippen LogP contribution < -0.4 is 9.47 Å². The first-order valence-corrected chi connectivity index (χ1v) is 7.39. The van der Waals surface area contributed by atoms with Gasteiger partial charge in [0.1, 0.15) is 16.9 Å². The summed E-state index contributed by atoms with van der Waals surface area (Å²) in [5.41, 5.74) is 1.01. The molecule has 4 nitrogen and oxygen atoms in total. The maximum atomic E-state index is 12.0. The minimum Gasteiger partial charge on any atom is -0.497 e. The predicted molar refractivity (Wildman–Crippen MR) is 76.7 cm³/mol. The molecular formula is C14H19NO3S. The number of carbonyl (C=O) groups is 1. The lowest BCUT2D eigenvalue weighted by molar-refractivity contribution is -0.131. The average Bonchev–Trinajstić information content (AvgIpc) is 2.94. The van der Waals surface area contributed by atoms with Gasteiger partial charge in [0.05, 0.1) is 14.2 Å². The number of ether oxygens (including phenoxy) is 2. The third-order valence-corrected chi connectivity index (χ3v) is 4.46. The summed E-state index contributed by atoms with van der Waals surface area (Å²) in [6, 6.07) is 5.72. The van der Waals surface area contributed by atoms with Crippen molar-refractivity contribution < 1.29 is 14.3 Å². The van der Waals surface area contributed by atoms with Crippen LogP contribution in [0.4, 0.5) is 0 Å². The highest BCUT2D eigenvalue weighted by atomic mass is 32.2. The topological polar surface area (TPSA) is 38.8 Å². The van der Waals surface area contributed by atoms with E-state index < -0.39 is 0 Å². The molecule has 1 aromatic carbocycles. The Morgan fingerprint density at radius 2 is 2.21 bits per heavy atom. The van der Waals surface area contributed by atoms with Crippen LogP contribution in [0.25, 0.3) is 0 Å². The molecule has 1 saturated heterocycles. The van der Waals surface area contributed by atoms with Crippen molar-refractivity contribution in [3.8, 4) is 11.5 Å². The molecular weight excluding hydrogens is 262 g/mol. The molecule has 1 fully saturated rings. The molecule has 0 radical (unpaired) electrons. The van der Waals surface area contributed by atoms with Gasteiger partial charge in [0.15, 0.2) is 0 Å². The van der Waals surface area contributed by atoms with Crippen LogP contribution in [-0.2, 0) is 4.79 Å². The van der Waals surface area contributed by atoms with Crippen molar-refractivity contribution in [1.82, 2.24) is 4.90 Å². The molecule has 1 aliphatic heterocycles. The Morgan fingerprint density at radius 3 is 2.84 bits per heavy atom. The van der Waals surface area contributed by atoms with Crippen LogP contribution in [0.5, 0.6) is 11.5 Å². The maximum absolute atomic E-state index is 12.0. The maximum Gasteiger partial charge on any atom is 0.223 e. The van der Waals surface area contributed by atoms with Crippen LogP contribution in [-0.4, -0.2) is 37.3 Å². The van der Waals surface area contributed by atoms with E-state index in [0.717, 1.165) is 29.4 Å². The quantitative estimate of drug-likeness (QED) is 0.850. The van der Waals surface area contributed by atoms with Crippen LogP contribution in [0, 0.1) is 0 Å². The molecule has 1 atom stereocenters. The molecule has 0 bridgehead atoms. The molecule has 0 saturated carbocycles. The van der Waals surface area contributed by atoms with E-state index in [1.807, 2.05) is 30.0 Å². The third-order valence-electron chi connectivity index (χ3n) is 3.22. The summed E-state index contributed by atoms with van der Waals surface area (Å²) >= 11 is 1.77. The highest BCUT2D eigenvalue weighted by Gasteiger charge is 2.31. The van der Waals surface area contributed by atoms with Gasteiger partial charge >= 0.3 is 0 Å². The zero-order valence-electron chi connectivity index (χ0n) is 11.5. The fourth-order valence-electron chi connectivity index (χ4n) is 2.22. The summed E-state index contributed by atoms with van der Waals surface area (Å²) in [6.07, 6.45) is 0.531. The second kappa shape index (κ2) is 6.19. The first kappa shape index (κ1) is 14.1. The smallest absolute Gasteiger partial charge is 0.223 e. The molecule has 0 unspecified atom stereocenters. The van der Waals surface area contributed by atoms with Crippen molar-refractivity contribution in [3.63, 3.8) is 0 Å². The van der Waals surface area contributed by atoms with Crippen molar-refractivity contribution >= 4 is 17.7 Å². The molecule has 0 spiro atoms. The van der Waals surface area contributed by atoms with Gasteiger partial charge in [-0.15, -0.1) is 11.8 Å².